The Kier molecular flexibility index (Phi) is 10.7. The maximum Gasteiger partial charge on any atom is 0.341 e. The number of hydrogen-bond acceptors (Lipinski definition) is 5. The van der Waals surface area contributed by atoms with Crippen molar-refractivity contribution in [3.8, 4) is 5.75 Å². The molecule has 7 heteroatoms. The lowest BCUT2D eigenvalue weighted by molar-refractivity contribution is -0.153. The van der Waals surface area contributed by atoms with Crippen molar-refractivity contribution in [2.75, 3.05) is 13.2 Å². The SMILES string of the molecule is CCC(C)(C)C(=O)C(=O)N1CCCC[C@H]1C(=O)C[C@H](CCc1ccc(C)c(C)c1)c1cccc(OCC(=O)O)c1. The minimum absolute atomic E-state index is 0.0444. The van der Waals surface area contributed by atoms with Crippen molar-refractivity contribution in [2.24, 2.45) is 5.41 Å². The molecule has 0 spiro atoms. The van der Waals surface area contributed by atoms with Crippen molar-refractivity contribution in [3.63, 3.8) is 0 Å². The summed E-state index contributed by atoms with van der Waals surface area (Å²) in [4.78, 5) is 52.6. The van der Waals surface area contributed by atoms with Crippen molar-refractivity contribution in [1.82, 2.24) is 4.90 Å². The van der Waals surface area contributed by atoms with Gasteiger partial charge in [-0.2, -0.15) is 0 Å². The first-order chi connectivity index (χ1) is 18.9. The number of aliphatic carboxylic acids is 1. The van der Waals surface area contributed by atoms with E-state index < -0.39 is 35.7 Å². The van der Waals surface area contributed by atoms with E-state index in [0.29, 0.717) is 31.6 Å². The van der Waals surface area contributed by atoms with Crippen LogP contribution in [0.4, 0.5) is 0 Å². The van der Waals surface area contributed by atoms with Gasteiger partial charge >= 0.3 is 5.97 Å². The van der Waals surface area contributed by atoms with Crippen molar-refractivity contribution < 1.29 is 29.0 Å². The monoisotopic (exact) mass is 549 g/mol. The average Bonchev–Trinajstić information content (AvgIpc) is 2.95. The Morgan fingerprint density at radius 1 is 1.05 bits per heavy atom. The third-order valence-corrected chi connectivity index (χ3v) is 8.32. The van der Waals surface area contributed by atoms with E-state index in [2.05, 4.69) is 32.0 Å². The second-order valence-corrected chi connectivity index (χ2v) is 11.7. The zero-order valence-corrected chi connectivity index (χ0v) is 24.5. The Morgan fingerprint density at radius 2 is 1.80 bits per heavy atom. The number of amides is 1. The van der Waals surface area contributed by atoms with Crippen molar-refractivity contribution in [3.05, 3.63) is 64.7 Å². The molecule has 1 aliphatic heterocycles. The fourth-order valence-corrected chi connectivity index (χ4v) is 5.16. The van der Waals surface area contributed by atoms with Gasteiger partial charge in [0.05, 0.1) is 6.04 Å². The van der Waals surface area contributed by atoms with Crippen LogP contribution in [0.25, 0.3) is 0 Å². The number of piperidine rings is 1. The number of nitrogens with zero attached hydrogens (tertiary/aromatic N) is 1. The maximum atomic E-state index is 13.8. The number of carboxylic acids is 1. The molecule has 1 fully saturated rings. The fourth-order valence-electron chi connectivity index (χ4n) is 5.16. The number of ketones is 2. The van der Waals surface area contributed by atoms with Crippen molar-refractivity contribution >= 4 is 23.4 Å². The topological polar surface area (TPSA) is 101 Å². The van der Waals surface area contributed by atoms with Gasteiger partial charge in [-0.05, 0) is 92.7 Å². The van der Waals surface area contributed by atoms with Crippen LogP contribution in [0, 0.1) is 19.3 Å². The molecule has 1 amide bonds. The number of Topliss-reactive ketones (excluding diaryl/α,β-unsaturated/α-hetero) is 2. The van der Waals surface area contributed by atoms with Gasteiger partial charge in [0.15, 0.2) is 12.4 Å². The van der Waals surface area contributed by atoms with Gasteiger partial charge in [0, 0.05) is 18.4 Å². The second-order valence-electron chi connectivity index (χ2n) is 11.7. The molecule has 2 aromatic rings. The van der Waals surface area contributed by atoms with Gasteiger partial charge in [-0.15, -0.1) is 0 Å². The Labute approximate surface area is 237 Å². The minimum atomic E-state index is -1.06. The van der Waals surface area contributed by atoms with Gasteiger partial charge in [0.25, 0.3) is 5.91 Å². The summed E-state index contributed by atoms with van der Waals surface area (Å²) in [6, 6.07) is 13.0. The molecule has 2 atom stereocenters. The first kappa shape index (κ1) is 31.1. The number of hydrogen-bond donors (Lipinski definition) is 1. The molecule has 0 aliphatic carbocycles. The standard InChI is InChI=1S/C33H43NO6/c1-6-33(4,5)31(38)32(39)34-17-8-7-12-28(34)29(35)20-26(16-15-24-14-13-22(2)23(3)18-24)25-10-9-11-27(19-25)40-21-30(36)37/h9-11,13-14,18-19,26,28H,6-8,12,15-17,20-21H2,1-5H3,(H,36,37)/t26-,28-/m0/s1. The predicted octanol–water partition coefficient (Wildman–Crippen LogP) is 5.83. The number of ether oxygens (including phenoxy) is 1. The molecular formula is C33H43NO6. The molecule has 40 heavy (non-hydrogen) atoms. The van der Waals surface area contributed by atoms with Crippen LogP contribution in [0.1, 0.15) is 87.5 Å². The van der Waals surface area contributed by atoms with E-state index >= 15 is 0 Å². The molecule has 1 heterocycles. The number of likely N-dealkylation sites (tertiary alicyclic amines) is 1. The van der Waals surface area contributed by atoms with E-state index in [1.54, 1.807) is 26.0 Å². The molecule has 1 aliphatic rings. The van der Waals surface area contributed by atoms with E-state index in [1.165, 1.54) is 21.6 Å². The lowest BCUT2D eigenvalue weighted by Gasteiger charge is -2.36. The number of aryl methyl sites for hydroxylation is 3. The van der Waals surface area contributed by atoms with Crippen molar-refractivity contribution in [2.45, 2.75) is 91.5 Å². The van der Waals surface area contributed by atoms with E-state index in [4.69, 9.17) is 9.84 Å². The molecule has 3 rings (SSSR count). The normalized spacial score (nSPS) is 16.3. The third-order valence-electron chi connectivity index (χ3n) is 8.32. The van der Waals surface area contributed by atoms with Gasteiger partial charge < -0.3 is 14.7 Å². The summed E-state index contributed by atoms with van der Waals surface area (Å²) in [5.41, 5.74) is 3.73. The van der Waals surface area contributed by atoms with Crippen LogP contribution < -0.4 is 4.74 Å². The highest BCUT2D eigenvalue weighted by atomic mass is 16.5. The quantitative estimate of drug-likeness (QED) is 0.316. The van der Waals surface area contributed by atoms with Crippen LogP contribution in [0.15, 0.2) is 42.5 Å². The number of benzene rings is 2. The van der Waals surface area contributed by atoms with Gasteiger partial charge in [-0.25, -0.2) is 4.79 Å². The molecule has 7 nitrogen and oxygen atoms in total. The fraction of sp³-hybridized carbons (Fsp3) is 0.515. The highest BCUT2D eigenvalue weighted by Gasteiger charge is 2.40. The molecule has 0 saturated carbocycles. The summed E-state index contributed by atoms with van der Waals surface area (Å²) >= 11 is 0. The first-order valence-corrected chi connectivity index (χ1v) is 14.3. The summed E-state index contributed by atoms with van der Waals surface area (Å²) < 4.78 is 5.41. The summed E-state index contributed by atoms with van der Waals surface area (Å²) in [7, 11) is 0. The van der Waals surface area contributed by atoms with E-state index in [1.807, 2.05) is 19.1 Å². The van der Waals surface area contributed by atoms with Crippen LogP contribution in [-0.4, -0.2) is 52.6 Å². The number of carbonyl (C=O) groups excluding carboxylic acids is 3. The summed E-state index contributed by atoms with van der Waals surface area (Å²) in [6.07, 6.45) is 4.37. The predicted molar refractivity (Wildman–Crippen MR) is 155 cm³/mol. The van der Waals surface area contributed by atoms with Gasteiger partial charge in [0.2, 0.25) is 5.78 Å². The van der Waals surface area contributed by atoms with Crippen molar-refractivity contribution in [1.29, 1.82) is 0 Å². The maximum absolute atomic E-state index is 13.8. The molecular weight excluding hydrogens is 506 g/mol. The summed E-state index contributed by atoms with van der Waals surface area (Å²) in [5, 5.41) is 9.02. The number of rotatable bonds is 13. The van der Waals surface area contributed by atoms with Gasteiger partial charge in [-0.3, -0.25) is 14.4 Å². The molecule has 216 valence electrons. The Bertz CT molecular complexity index is 1230. The molecule has 0 unspecified atom stereocenters. The van der Waals surface area contributed by atoms with Crippen LogP contribution in [0.5, 0.6) is 5.75 Å². The third kappa shape index (κ3) is 8.03. The van der Waals surface area contributed by atoms with Gasteiger partial charge in [0.1, 0.15) is 5.75 Å². The lowest BCUT2D eigenvalue weighted by Crippen LogP contribution is -2.52. The van der Waals surface area contributed by atoms with Gasteiger partial charge in [-0.1, -0.05) is 51.1 Å². The summed E-state index contributed by atoms with van der Waals surface area (Å²) in [5.74, 6) is -1.83. The first-order valence-electron chi connectivity index (χ1n) is 14.3. The second kappa shape index (κ2) is 13.7. The lowest BCUT2D eigenvalue weighted by atomic mass is 9.82. The Balaban J connectivity index is 1.85. The smallest absolute Gasteiger partial charge is 0.341 e. The van der Waals surface area contributed by atoms with Crippen LogP contribution in [0.3, 0.4) is 0 Å². The average molecular weight is 550 g/mol. The minimum Gasteiger partial charge on any atom is -0.482 e. The highest BCUT2D eigenvalue weighted by molar-refractivity contribution is 6.38. The van der Waals surface area contributed by atoms with Crippen LogP contribution >= 0.6 is 0 Å². The summed E-state index contributed by atoms with van der Waals surface area (Å²) in [6.45, 7) is 9.56. The molecule has 2 aromatic carbocycles. The Hall–Kier alpha value is -3.48. The highest BCUT2D eigenvalue weighted by Crippen LogP contribution is 2.32. The molecule has 0 bridgehead atoms. The zero-order chi connectivity index (χ0) is 29.4. The largest absolute Gasteiger partial charge is 0.482 e. The number of carbonyl (C=O) groups is 4. The molecule has 1 saturated heterocycles. The molecule has 0 aromatic heterocycles. The van der Waals surface area contributed by atoms with Crippen LogP contribution in [-0.2, 0) is 25.6 Å². The molecule has 0 radical (unpaired) electrons. The van der Waals surface area contributed by atoms with E-state index in [-0.39, 0.29) is 18.1 Å². The van der Waals surface area contributed by atoms with E-state index in [0.717, 1.165) is 24.8 Å². The van der Waals surface area contributed by atoms with E-state index in [9.17, 15) is 19.2 Å². The Morgan fingerprint density at radius 3 is 2.48 bits per heavy atom. The zero-order valence-electron chi connectivity index (χ0n) is 24.5. The van der Waals surface area contributed by atoms with Crippen LogP contribution in [0.2, 0.25) is 0 Å². The number of carboxylic acid groups (broad SMARTS) is 1. The molecule has 1 N–H and O–H groups in total.